The minimum Gasteiger partial charge on any atom is -0.459 e. The van der Waals surface area contributed by atoms with Crippen LogP contribution in [0.2, 0.25) is 0 Å². The Labute approximate surface area is 116 Å². The monoisotopic (exact) mass is 263 g/mol. The van der Waals surface area contributed by atoms with Crippen LogP contribution in [-0.2, 0) is 16.1 Å². The van der Waals surface area contributed by atoms with Gasteiger partial charge in [-0.1, -0.05) is 45.6 Å². The highest BCUT2D eigenvalue weighted by Gasteiger charge is 2.17. The number of carbonyl (C=O) groups excluding carboxylic acids is 1. The molecule has 0 amide bonds. The van der Waals surface area contributed by atoms with Crippen LogP contribution >= 0.6 is 0 Å². The molecule has 19 heavy (non-hydrogen) atoms. The van der Waals surface area contributed by atoms with Gasteiger partial charge in [-0.05, 0) is 25.0 Å². The van der Waals surface area contributed by atoms with E-state index in [2.05, 4.69) is 11.9 Å². The van der Waals surface area contributed by atoms with Crippen LogP contribution in [0.25, 0.3) is 0 Å². The summed E-state index contributed by atoms with van der Waals surface area (Å²) >= 11 is 0. The van der Waals surface area contributed by atoms with Crippen molar-refractivity contribution in [3.63, 3.8) is 0 Å². The van der Waals surface area contributed by atoms with Gasteiger partial charge < -0.3 is 4.74 Å². The van der Waals surface area contributed by atoms with E-state index >= 15 is 0 Å². The molecule has 106 valence electrons. The number of ether oxygens (including phenoxy) is 1. The first-order chi connectivity index (χ1) is 9.27. The number of carbonyl (C=O) groups is 1. The van der Waals surface area contributed by atoms with E-state index in [1.54, 1.807) is 6.20 Å². The third-order valence-corrected chi connectivity index (χ3v) is 3.32. The van der Waals surface area contributed by atoms with E-state index in [1.807, 2.05) is 25.1 Å². The van der Waals surface area contributed by atoms with E-state index < -0.39 is 0 Å². The summed E-state index contributed by atoms with van der Waals surface area (Å²) in [7, 11) is 0. The van der Waals surface area contributed by atoms with Crippen LogP contribution in [-0.4, -0.2) is 11.0 Å². The summed E-state index contributed by atoms with van der Waals surface area (Å²) in [5, 5.41) is 0. The molecule has 0 bridgehead atoms. The first-order valence-corrected chi connectivity index (χ1v) is 7.34. The van der Waals surface area contributed by atoms with Gasteiger partial charge in [0.15, 0.2) is 0 Å². The lowest BCUT2D eigenvalue weighted by Gasteiger charge is -2.13. The molecule has 0 fully saturated rings. The van der Waals surface area contributed by atoms with Crippen molar-refractivity contribution >= 4 is 5.97 Å². The van der Waals surface area contributed by atoms with Crippen molar-refractivity contribution in [3.8, 4) is 0 Å². The molecule has 0 aliphatic heterocycles. The van der Waals surface area contributed by atoms with Gasteiger partial charge in [-0.2, -0.15) is 0 Å². The maximum atomic E-state index is 12.0. The first kappa shape index (κ1) is 15.7. The number of hydrogen-bond acceptors (Lipinski definition) is 3. The van der Waals surface area contributed by atoms with E-state index in [4.69, 9.17) is 4.74 Å². The van der Waals surface area contributed by atoms with Crippen LogP contribution in [0, 0.1) is 5.92 Å². The summed E-state index contributed by atoms with van der Waals surface area (Å²) < 4.78 is 5.34. The normalized spacial score (nSPS) is 12.1. The smallest absolute Gasteiger partial charge is 0.309 e. The molecule has 1 unspecified atom stereocenters. The quantitative estimate of drug-likeness (QED) is 0.497. The fraction of sp³-hybridized carbons (Fsp3) is 0.625. The standard InChI is InChI=1S/C16H25NO2/c1-3-5-6-7-10-14(4-2)16(18)19-13-15-11-8-9-12-17-15/h8-9,11-12,14H,3-7,10,13H2,1-2H3. The lowest BCUT2D eigenvalue weighted by Crippen LogP contribution is -2.17. The third-order valence-electron chi connectivity index (χ3n) is 3.32. The highest BCUT2D eigenvalue weighted by atomic mass is 16.5. The summed E-state index contributed by atoms with van der Waals surface area (Å²) in [5.74, 6) is -0.0368. The second-order valence-electron chi connectivity index (χ2n) is 4.88. The molecular weight excluding hydrogens is 238 g/mol. The maximum Gasteiger partial charge on any atom is 0.309 e. The van der Waals surface area contributed by atoms with E-state index in [0.29, 0.717) is 0 Å². The van der Waals surface area contributed by atoms with Gasteiger partial charge in [-0.15, -0.1) is 0 Å². The van der Waals surface area contributed by atoms with Gasteiger partial charge in [0.25, 0.3) is 0 Å². The summed E-state index contributed by atoms with van der Waals surface area (Å²) in [4.78, 5) is 16.1. The molecule has 1 aromatic rings. The number of aromatic nitrogens is 1. The van der Waals surface area contributed by atoms with Gasteiger partial charge in [0.1, 0.15) is 6.61 Å². The zero-order valence-electron chi connectivity index (χ0n) is 12.1. The molecule has 0 radical (unpaired) electrons. The van der Waals surface area contributed by atoms with Crippen LogP contribution in [0.15, 0.2) is 24.4 Å². The number of rotatable bonds is 9. The lowest BCUT2D eigenvalue weighted by atomic mass is 9.98. The van der Waals surface area contributed by atoms with Crippen LogP contribution in [0.3, 0.4) is 0 Å². The summed E-state index contributed by atoms with van der Waals surface area (Å²) in [5.41, 5.74) is 0.802. The third kappa shape index (κ3) is 6.37. The van der Waals surface area contributed by atoms with Crippen LogP contribution in [0.4, 0.5) is 0 Å². The molecule has 3 nitrogen and oxygen atoms in total. The number of nitrogens with zero attached hydrogens (tertiary/aromatic N) is 1. The fourth-order valence-electron chi connectivity index (χ4n) is 2.05. The highest BCUT2D eigenvalue weighted by Crippen LogP contribution is 2.16. The van der Waals surface area contributed by atoms with E-state index in [1.165, 1.54) is 19.3 Å². The fourth-order valence-corrected chi connectivity index (χ4v) is 2.05. The molecule has 0 aromatic carbocycles. The van der Waals surface area contributed by atoms with Gasteiger partial charge in [0, 0.05) is 6.20 Å². The van der Waals surface area contributed by atoms with Crippen LogP contribution in [0.1, 0.15) is 58.1 Å². The Bertz CT molecular complexity index is 351. The summed E-state index contributed by atoms with van der Waals surface area (Å²) in [6, 6.07) is 5.63. The zero-order chi connectivity index (χ0) is 13.9. The zero-order valence-corrected chi connectivity index (χ0v) is 12.1. The lowest BCUT2D eigenvalue weighted by molar-refractivity contribution is -0.150. The average Bonchev–Trinajstić information content (AvgIpc) is 2.46. The minimum absolute atomic E-state index is 0.0422. The molecular formula is C16H25NO2. The van der Waals surface area contributed by atoms with Crippen molar-refractivity contribution in [3.05, 3.63) is 30.1 Å². The van der Waals surface area contributed by atoms with Gasteiger partial charge in [-0.25, -0.2) is 0 Å². The number of unbranched alkanes of at least 4 members (excludes halogenated alkanes) is 3. The average molecular weight is 263 g/mol. The number of pyridine rings is 1. The molecule has 0 N–H and O–H groups in total. The molecule has 0 aliphatic carbocycles. The van der Waals surface area contributed by atoms with Crippen molar-refractivity contribution in [2.75, 3.05) is 0 Å². The van der Waals surface area contributed by atoms with Crippen molar-refractivity contribution in [2.24, 2.45) is 5.92 Å². The molecule has 1 heterocycles. The van der Waals surface area contributed by atoms with Crippen molar-refractivity contribution in [1.82, 2.24) is 4.98 Å². The second kappa shape index (κ2) is 9.54. The largest absolute Gasteiger partial charge is 0.459 e. The predicted molar refractivity (Wildman–Crippen MR) is 76.6 cm³/mol. The Kier molecular flexibility index (Phi) is 7.87. The molecule has 0 aliphatic rings. The molecule has 0 saturated carbocycles. The molecule has 3 heteroatoms. The van der Waals surface area contributed by atoms with Gasteiger partial charge in [0.2, 0.25) is 0 Å². The highest BCUT2D eigenvalue weighted by molar-refractivity contribution is 5.72. The number of hydrogen-bond donors (Lipinski definition) is 0. The minimum atomic E-state index is -0.0790. The van der Waals surface area contributed by atoms with Gasteiger partial charge in [0.05, 0.1) is 11.6 Å². The van der Waals surface area contributed by atoms with Gasteiger partial charge in [-0.3, -0.25) is 9.78 Å². The Morgan fingerprint density at radius 2 is 2.11 bits per heavy atom. The Morgan fingerprint density at radius 1 is 1.26 bits per heavy atom. The Hall–Kier alpha value is -1.38. The Balaban J connectivity index is 2.29. The van der Waals surface area contributed by atoms with Crippen LogP contribution in [0.5, 0.6) is 0 Å². The molecule has 0 saturated heterocycles. The van der Waals surface area contributed by atoms with Crippen molar-refractivity contribution < 1.29 is 9.53 Å². The predicted octanol–water partition coefficient (Wildman–Crippen LogP) is 4.12. The maximum absolute atomic E-state index is 12.0. The first-order valence-electron chi connectivity index (χ1n) is 7.34. The van der Waals surface area contributed by atoms with Crippen LogP contribution < -0.4 is 0 Å². The summed E-state index contributed by atoms with van der Waals surface area (Å²) in [6.45, 7) is 4.52. The topological polar surface area (TPSA) is 39.2 Å². The van der Waals surface area contributed by atoms with E-state index in [0.717, 1.165) is 25.0 Å². The molecule has 1 atom stereocenters. The van der Waals surface area contributed by atoms with E-state index in [9.17, 15) is 4.79 Å². The molecule has 1 aromatic heterocycles. The SMILES string of the molecule is CCCCCCC(CC)C(=O)OCc1ccccn1. The Morgan fingerprint density at radius 3 is 2.74 bits per heavy atom. The second-order valence-corrected chi connectivity index (χ2v) is 4.88. The van der Waals surface area contributed by atoms with Gasteiger partial charge >= 0.3 is 5.97 Å². The van der Waals surface area contributed by atoms with Crippen molar-refractivity contribution in [2.45, 2.75) is 59.0 Å². The summed E-state index contributed by atoms with van der Waals surface area (Å²) in [6.07, 6.45) is 8.31. The number of esters is 1. The molecule has 1 rings (SSSR count). The van der Waals surface area contributed by atoms with Crippen molar-refractivity contribution in [1.29, 1.82) is 0 Å². The van der Waals surface area contributed by atoms with E-state index in [-0.39, 0.29) is 18.5 Å². The molecule has 0 spiro atoms.